The third kappa shape index (κ3) is 4.20. The topological polar surface area (TPSA) is 58.6 Å². The average Bonchev–Trinajstić information content (AvgIpc) is 2.97. The van der Waals surface area contributed by atoms with E-state index in [4.69, 9.17) is 4.74 Å². The van der Waals surface area contributed by atoms with Crippen LogP contribution in [-0.2, 0) is 14.3 Å². The molecule has 1 saturated heterocycles. The number of benzene rings is 1. The fourth-order valence-corrected chi connectivity index (χ4v) is 3.14. The highest BCUT2D eigenvalue weighted by Crippen LogP contribution is 2.33. The first-order chi connectivity index (χ1) is 11.1. The molecule has 124 valence electrons. The van der Waals surface area contributed by atoms with E-state index in [2.05, 4.69) is 5.32 Å². The van der Waals surface area contributed by atoms with Crippen LogP contribution in [-0.4, -0.2) is 49.6 Å². The van der Waals surface area contributed by atoms with Gasteiger partial charge < -0.3 is 15.0 Å². The van der Waals surface area contributed by atoms with Crippen molar-refractivity contribution in [1.82, 2.24) is 10.2 Å². The fourth-order valence-electron chi connectivity index (χ4n) is 3.14. The second-order valence-electron chi connectivity index (χ2n) is 5.84. The van der Waals surface area contributed by atoms with E-state index in [0.717, 1.165) is 18.4 Å². The summed E-state index contributed by atoms with van der Waals surface area (Å²) in [4.78, 5) is 26.3. The van der Waals surface area contributed by atoms with Gasteiger partial charge in [0.15, 0.2) is 0 Å². The van der Waals surface area contributed by atoms with Gasteiger partial charge in [-0.2, -0.15) is 0 Å². The van der Waals surface area contributed by atoms with Crippen LogP contribution in [0, 0.1) is 0 Å². The molecule has 1 atom stereocenters. The quantitative estimate of drug-likeness (QED) is 0.815. The van der Waals surface area contributed by atoms with Crippen LogP contribution in [0.5, 0.6) is 0 Å². The number of carbonyl (C=O) groups is 2. The van der Waals surface area contributed by atoms with Crippen molar-refractivity contribution in [1.29, 1.82) is 0 Å². The Morgan fingerprint density at radius 2 is 2.09 bits per heavy atom. The van der Waals surface area contributed by atoms with Crippen LogP contribution in [0.4, 0.5) is 0 Å². The predicted molar refractivity (Wildman–Crippen MR) is 89.7 cm³/mol. The van der Waals surface area contributed by atoms with Crippen molar-refractivity contribution >= 4 is 17.9 Å². The molecule has 1 heterocycles. The zero-order valence-electron chi connectivity index (χ0n) is 13.7. The van der Waals surface area contributed by atoms with Crippen molar-refractivity contribution in [2.75, 3.05) is 27.3 Å². The number of hydrogen-bond acceptors (Lipinski definition) is 3. The Hall–Kier alpha value is -2.14. The second-order valence-corrected chi connectivity index (χ2v) is 5.84. The number of nitrogens with zero attached hydrogens (tertiary/aromatic N) is 1. The van der Waals surface area contributed by atoms with E-state index in [1.807, 2.05) is 30.3 Å². The molecule has 0 aromatic heterocycles. The van der Waals surface area contributed by atoms with Crippen molar-refractivity contribution in [3.05, 3.63) is 42.0 Å². The van der Waals surface area contributed by atoms with Crippen molar-refractivity contribution < 1.29 is 14.3 Å². The summed E-state index contributed by atoms with van der Waals surface area (Å²) in [6.45, 7) is 1.02. The summed E-state index contributed by atoms with van der Waals surface area (Å²) in [6.07, 6.45) is 5.31. The molecule has 1 aliphatic heterocycles. The van der Waals surface area contributed by atoms with Crippen molar-refractivity contribution in [3.63, 3.8) is 0 Å². The molecule has 2 rings (SSSR count). The van der Waals surface area contributed by atoms with Gasteiger partial charge in [0.1, 0.15) is 0 Å². The standard InChI is InChI=1S/C18H24N2O3/c1-19-16(21)13-18(14-23-2)11-6-12-20(18)17(22)10-9-15-7-4-3-5-8-15/h3-5,7-10H,6,11-14H2,1-2H3,(H,19,21)/b10-9+. The Balaban J connectivity index is 2.15. The summed E-state index contributed by atoms with van der Waals surface area (Å²) in [5.41, 5.74) is 0.427. The molecule has 23 heavy (non-hydrogen) atoms. The minimum Gasteiger partial charge on any atom is -0.382 e. The third-order valence-corrected chi connectivity index (χ3v) is 4.26. The van der Waals surface area contributed by atoms with Crippen molar-refractivity contribution in [3.8, 4) is 0 Å². The summed E-state index contributed by atoms with van der Waals surface area (Å²) in [5.74, 6) is -0.152. The minimum atomic E-state index is -0.549. The molecule has 0 aliphatic carbocycles. The van der Waals surface area contributed by atoms with E-state index in [9.17, 15) is 9.59 Å². The number of nitrogens with one attached hydrogen (secondary N) is 1. The first kappa shape index (κ1) is 17.2. The highest BCUT2D eigenvalue weighted by atomic mass is 16.5. The first-order valence-corrected chi connectivity index (χ1v) is 7.85. The molecular weight excluding hydrogens is 292 g/mol. The third-order valence-electron chi connectivity index (χ3n) is 4.26. The molecule has 1 fully saturated rings. The number of ether oxygens (including phenoxy) is 1. The van der Waals surface area contributed by atoms with Gasteiger partial charge in [0.05, 0.1) is 18.6 Å². The van der Waals surface area contributed by atoms with E-state index in [-0.39, 0.29) is 18.2 Å². The molecule has 0 spiro atoms. The average molecular weight is 316 g/mol. The monoisotopic (exact) mass is 316 g/mol. The minimum absolute atomic E-state index is 0.0752. The van der Waals surface area contributed by atoms with Crippen LogP contribution in [0.2, 0.25) is 0 Å². The Morgan fingerprint density at radius 3 is 2.74 bits per heavy atom. The van der Waals surface area contributed by atoms with Gasteiger partial charge in [0.2, 0.25) is 11.8 Å². The summed E-state index contributed by atoms with van der Waals surface area (Å²) >= 11 is 0. The predicted octanol–water partition coefficient (Wildman–Crippen LogP) is 1.84. The highest BCUT2D eigenvalue weighted by molar-refractivity contribution is 5.93. The van der Waals surface area contributed by atoms with Gasteiger partial charge in [-0.05, 0) is 24.5 Å². The van der Waals surface area contributed by atoms with Gasteiger partial charge in [-0.1, -0.05) is 30.3 Å². The molecule has 1 aromatic carbocycles. The van der Waals surface area contributed by atoms with E-state index in [1.165, 1.54) is 0 Å². The molecule has 1 aliphatic rings. The largest absolute Gasteiger partial charge is 0.382 e. The van der Waals surface area contributed by atoms with Gasteiger partial charge in [-0.3, -0.25) is 9.59 Å². The van der Waals surface area contributed by atoms with E-state index < -0.39 is 5.54 Å². The normalized spacial score (nSPS) is 20.9. The Labute approximate surface area is 137 Å². The van der Waals surface area contributed by atoms with Crippen LogP contribution < -0.4 is 5.32 Å². The summed E-state index contributed by atoms with van der Waals surface area (Å²) < 4.78 is 5.32. The van der Waals surface area contributed by atoms with Gasteiger partial charge in [-0.15, -0.1) is 0 Å². The molecule has 0 bridgehead atoms. The molecule has 2 amide bonds. The van der Waals surface area contributed by atoms with Crippen LogP contribution in [0.1, 0.15) is 24.8 Å². The molecule has 1 aromatic rings. The van der Waals surface area contributed by atoms with Crippen molar-refractivity contribution in [2.24, 2.45) is 0 Å². The number of likely N-dealkylation sites (tertiary alicyclic amines) is 1. The molecule has 1 unspecified atom stereocenters. The summed E-state index contributed by atoms with van der Waals surface area (Å²) in [6, 6.07) is 9.69. The van der Waals surface area contributed by atoms with E-state index >= 15 is 0 Å². The lowest BCUT2D eigenvalue weighted by Crippen LogP contribution is -2.52. The first-order valence-electron chi connectivity index (χ1n) is 7.85. The fraction of sp³-hybridized carbons (Fsp3) is 0.444. The zero-order chi connectivity index (χ0) is 16.7. The lowest BCUT2D eigenvalue weighted by atomic mass is 9.92. The maximum absolute atomic E-state index is 12.6. The Kier molecular flexibility index (Phi) is 5.93. The Bertz CT molecular complexity index is 571. The molecule has 5 nitrogen and oxygen atoms in total. The van der Waals surface area contributed by atoms with Gasteiger partial charge in [-0.25, -0.2) is 0 Å². The SMILES string of the molecule is CNC(=O)CC1(COC)CCCN1C(=O)/C=C/c1ccccc1. The number of hydrogen-bond donors (Lipinski definition) is 1. The maximum Gasteiger partial charge on any atom is 0.247 e. The highest BCUT2D eigenvalue weighted by Gasteiger charge is 2.44. The summed E-state index contributed by atoms with van der Waals surface area (Å²) in [7, 11) is 3.21. The molecule has 0 radical (unpaired) electrons. The lowest BCUT2D eigenvalue weighted by Gasteiger charge is -2.37. The summed E-state index contributed by atoms with van der Waals surface area (Å²) in [5, 5.41) is 2.64. The molecule has 1 N–H and O–H groups in total. The number of amides is 2. The lowest BCUT2D eigenvalue weighted by molar-refractivity contribution is -0.135. The van der Waals surface area contributed by atoms with E-state index in [0.29, 0.717) is 13.2 Å². The molecule has 5 heteroatoms. The van der Waals surface area contributed by atoms with Crippen LogP contribution in [0.15, 0.2) is 36.4 Å². The smallest absolute Gasteiger partial charge is 0.247 e. The van der Waals surface area contributed by atoms with Gasteiger partial charge in [0.25, 0.3) is 0 Å². The zero-order valence-corrected chi connectivity index (χ0v) is 13.7. The molecule has 0 saturated carbocycles. The van der Waals surface area contributed by atoms with Crippen LogP contribution in [0.3, 0.4) is 0 Å². The number of rotatable bonds is 6. The van der Waals surface area contributed by atoms with Gasteiger partial charge in [0, 0.05) is 26.8 Å². The maximum atomic E-state index is 12.6. The van der Waals surface area contributed by atoms with Crippen molar-refractivity contribution in [2.45, 2.75) is 24.8 Å². The number of carbonyl (C=O) groups excluding carboxylic acids is 2. The molecular formula is C18H24N2O3. The number of methoxy groups -OCH3 is 1. The Morgan fingerprint density at radius 1 is 1.35 bits per heavy atom. The van der Waals surface area contributed by atoms with Crippen LogP contribution in [0.25, 0.3) is 6.08 Å². The van der Waals surface area contributed by atoms with Gasteiger partial charge >= 0.3 is 0 Å². The van der Waals surface area contributed by atoms with E-state index in [1.54, 1.807) is 31.2 Å². The second kappa shape index (κ2) is 7.92. The van der Waals surface area contributed by atoms with Crippen LogP contribution >= 0.6 is 0 Å².